The van der Waals surface area contributed by atoms with Crippen LogP contribution in [0.15, 0.2) is 53.9 Å². The number of amides is 2. The van der Waals surface area contributed by atoms with E-state index in [0.717, 1.165) is 5.69 Å². The van der Waals surface area contributed by atoms with E-state index in [1.54, 1.807) is 28.5 Å². The molecule has 3 aromatic rings. The topological polar surface area (TPSA) is 80.8 Å². The minimum absolute atomic E-state index is 0.0493. The number of hydrogen-bond donors (Lipinski definition) is 1. The number of likely N-dealkylation sites (N-methyl/N-ethyl adjacent to an activating group) is 1. The number of benzene rings is 2. The van der Waals surface area contributed by atoms with Crippen LogP contribution in [-0.2, 0) is 11.2 Å². The smallest absolute Gasteiger partial charge is 0.257 e. The molecule has 0 aliphatic rings. The molecule has 0 saturated heterocycles. The number of carbonyl (C=O) groups excluding carboxylic acids is 2. The van der Waals surface area contributed by atoms with E-state index in [1.165, 1.54) is 25.6 Å². The number of para-hydroxylation sites is 1. The van der Waals surface area contributed by atoms with Crippen molar-refractivity contribution in [1.82, 2.24) is 4.98 Å². The summed E-state index contributed by atoms with van der Waals surface area (Å²) in [7, 11) is 3.05. The lowest BCUT2D eigenvalue weighted by molar-refractivity contribution is -0.118. The van der Waals surface area contributed by atoms with E-state index in [-0.39, 0.29) is 18.2 Å². The van der Waals surface area contributed by atoms with Crippen molar-refractivity contribution < 1.29 is 19.1 Å². The van der Waals surface area contributed by atoms with Gasteiger partial charge in [-0.05, 0) is 37.3 Å². The number of nitrogens with zero attached hydrogens (tertiary/aromatic N) is 2. The second-order valence-electron chi connectivity index (χ2n) is 6.32. The van der Waals surface area contributed by atoms with Gasteiger partial charge in [-0.25, -0.2) is 4.98 Å². The molecular weight excluding hydrogens is 402 g/mol. The standard InChI is InChI=1S/C22H23N3O4S/c1-4-25(17-8-6-5-7-9-17)20(26)13-16-14-30-22(23-16)24-21(27)15-10-11-18(28-2)19(12-15)29-3/h5-12,14H,4,13H2,1-3H3,(H,23,24,27). The van der Waals surface area contributed by atoms with Gasteiger partial charge in [0.15, 0.2) is 16.6 Å². The fourth-order valence-electron chi connectivity index (χ4n) is 2.95. The third-order valence-corrected chi connectivity index (χ3v) is 5.24. The molecule has 1 heterocycles. The number of anilines is 2. The van der Waals surface area contributed by atoms with Crippen LogP contribution < -0.4 is 19.7 Å². The Morgan fingerprint density at radius 2 is 1.80 bits per heavy atom. The number of aromatic nitrogens is 1. The van der Waals surface area contributed by atoms with Gasteiger partial charge in [0.1, 0.15) is 0 Å². The molecule has 7 nitrogen and oxygen atoms in total. The monoisotopic (exact) mass is 425 g/mol. The first-order valence-electron chi connectivity index (χ1n) is 9.39. The molecule has 0 spiro atoms. The van der Waals surface area contributed by atoms with Crippen molar-refractivity contribution >= 4 is 34.0 Å². The zero-order chi connectivity index (χ0) is 21.5. The summed E-state index contributed by atoms with van der Waals surface area (Å²) in [5, 5.41) is 4.97. The van der Waals surface area contributed by atoms with Gasteiger partial charge in [0.2, 0.25) is 5.91 Å². The molecule has 1 N–H and O–H groups in total. The molecule has 0 aliphatic carbocycles. The summed E-state index contributed by atoms with van der Waals surface area (Å²) in [5.74, 6) is 0.647. The molecule has 0 atom stereocenters. The minimum Gasteiger partial charge on any atom is -0.493 e. The number of carbonyl (C=O) groups is 2. The van der Waals surface area contributed by atoms with Crippen molar-refractivity contribution in [2.75, 3.05) is 31.0 Å². The Morgan fingerprint density at radius 1 is 1.07 bits per heavy atom. The third kappa shape index (κ3) is 4.96. The molecule has 0 radical (unpaired) electrons. The quantitative estimate of drug-likeness (QED) is 0.590. The molecule has 3 rings (SSSR count). The summed E-state index contributed by atoms with van der Waals surface area (Å²) >= 11 is 1.28. The van der Waals surface area contributed by atoms with Crippen LogP contribution >= 0.6 is 11.3 Å². The van der Waals surface area contributed by atoms with Gasteiger partial charge in [0.05, 0.1) is 26.3 Å². The van der Waals surface area contributed by atoms with Crippen LogP contribution in [0.4, 0.5) is 10.8 Å². The molecule has 0 saturated carbocycles. The van der Waals surface area contributed by atoms with Gasteiger partial charge in [-0.1, -0.05) is 18.2 Å². The predicted octanol–water partition coefficient (Wildman–Crippen LogP) is 4.01. The lowest BCUT2D eigenvalue weighted by Gasteiger charge is -2.20. The number of ether oxygens (including phenoxy) is 2. The summed E-state index contributed by atoms with van der Waals surface area (Å²) in [6.07, 6.45) is 0.158. The maximum absolute atomic E-state index is 12.7. The van der Waals surface area contributed by atoms with E-state index in [1.807, 2.05) is 37.3 Å². The van der Waals surface area contributed by atoms with Gasteiger partial charge in [0.25, 0.3) is 5.91 Å². The molecule has 0 bridgehead atoms. The van der Waals surface area contributed by atoms with Gasteiger partial charge >= 0.3 is 0 Å². The Hall–Kier alpha value is -3.39. The summed E-state index contributed by atoms with van der Waals surface area (Å²) < 4.78 is 10.4. The van der Waals surface area contributed by atoms with E-state index in [4.69, 9.17) is 9.47 Å². The number of rotatable bonds is 8. The van der Waals surface area contributed by atoms with Gasteiger partial charge in [-0.2, -0.15) is 0 Å². The minimum atomic E-state index is -0.317. The third-order valence-electron chi connectivity index (χ3n) is 4.44. The molecule has 8 heteroatoms. The number of methoxy groups -OCH3 is 2. The van der Waals surface area contributed by atoms with Crippen LogP contribution in [0.3, 0.4) is 0 Å². The number of nitrogens with one attached hydrogen (secondary N) is 1. The van der Waals surface area contributed by atoms with E-state index < -0.39 is 0 Å². The zero-order valence-corrected chi connectivity index (χ0v) is 17.9. The highest BCUT2D eigenvalue weighted by Crippen LogP contribution is 2.28. The normalized spacial score (nSPS) is 10.4. The number of hydrogen-bond acceptors (Lipinski definition) is 6. The average molecular weight is 426 g/mol. The zero-order valence-electron chi connectivity index (χ0n) is 17.0. The molecule has 0 aliphatic heterocycles. The van der Waals surface area contributed by atoms with Gasteiger partial charge in [-0.3, -0.25) is 14.9 Å². The Morgan fingerprint density at radius 3 is 2.47 bits per heavy atom. The van der Waals surface area contributed by atoms with Crippen molar-refractivity contribution in [3.63, 3.8) is 0 Å². The molecule has 30 heavy (non-hydrogen) atoms. The van der Waals surface area contributed by atoms with Crippen molar-refractivity contribution in [1.29, 1.82) is 0 Å². The van der Waals surface area contributed by atoms with Gasteiger partial charge < -0.3 is 14.4 Å². The summed E-state index contributed by atoms with van der Waals surface area (Å²) in [4.78, 5) is 31.3. The maximum atomic E-state index is 12.7. The second-order valence-corrected chi connectivity index (χ2v) is 7.18. The van der Waals surface area contributed by atoms with Crippen molar-refractivity contribution in [2.45, 2.75) is 13.3 Å². The Labute approximate surface area is 179 Å². The van der Waals surface area contributed by atoms with E-state index in [0.29, 0.717) is 34.4 Å². The van der Waals surface area contributed by atoms with Gasteiger partial charge in [-0.15, -0.1) is 11.3 Å². The molecule has 2 aromatic carbocycles. The molecular formula is C22H23N3O4S. The Balaban J connectivity index is 1.66. The highest BCUT2D eigenvalue weighted by molar-refractivity contribution is 7.14. The first-order valence-corrected chi connectivity index (χ1v) is 10.3. The van der Waals surface area contributed by atoms with Crippen LogP contribution in [0.5, 0.6) is 11.5 Å². The van der Waals surface area contributed by atoms with E-state index >= 15 is 0 Å². The van der Waals surface area contributed by atoms with Crippen LogP contribution in [0, 0.1) is 0 Å². The largest absolute Gasteiger partial charge is 0.493 e. The lowest BCUT2D eigenvalue weighted by atomic mass is 10.2. The van der Waals surface area contributed by atoms with Crippen molar-refractivity contribution in [2.24, 2.45) is 0 Å². The summed E-state index contributed by atoms with van der Waals surface area (Å²) in [5.41, 5.74) is 1.88. The van der Waals surface area contributed by atoms with Gasteiger partial charge in [0, 0.05) is 23.2 Å². The maximum Gasteiger partial charge on any atom is 0.257 e. The second kappa shape index (κ2) is 9.89. The first-order chi connectivity index (χ1) is 14.5. The van der Waals surface area contributed by atoms with Crippen molar-refractivity contribution in [3.8, 4) is 11.5 Å². The summed E-state index contributed by atoms with van der Waals surface area (Å²) in [6, 6.07) is 14.4. The fraction of sp³-hybridized carbons (Fsp3) is 0.227. The van der Waals surface area contributed by atoms with E-state index in [2.05, 4.69) is 10.3 Å². The highest BCUT2D eigenvalue weighted by atomic mass is 32.1. The lowest BCUT2D eigenvalue weighted by Crippen LogP contribution is -2.32. The highest BCUT2D eigenvalue weighted by Gasteiger charge is 2.17. The molecule has 0 unspecified atom stereocenters. The van der Waals surface area contributed by atoms with Crippen LogP contribution in [0.2, 0.25) is 0 Å². The molecule has 0 fully saturated rings. The van der Waals surface area contributed by atoms with E-state index in [9.17, 15) is 9.59 Å². The summed E-state index contributed by atoms with van der Waals surface area (Å²) in [6.45, 7) is 2.50. The Bertz CT molecular complexity index is 1020. The first kappa shape index (κ1) is 21.3. The van der Waals surface area contributed by atoms with Crippen LogP contribution in [0.1, 0.15) is 23.0 Å². The fourth-order valence-corrected chi connectivity index (χ4v) is 3.66. The average Bonchev–Trinajstić information content (AvgIpc) is 3.20. The Kier molecular flexibility index (Phi) is 7.03. The number of thiazole rings is 1. The van der Waals surface area contributed by atoms with Crippen molar-refractivity contribution in [3.05, 3.63) is 65.2 Å². The van der Waals surface area contributed by atoms with Crippen LogP contribution in [-0.4, -0.2) is 37.6 Å². The molecule has 156 valence electrons. The predicted molar refractivity (Wildman–Crippen MR) is 118 cm³/mol. The van der Waals surface area contributed by atoms with Crippen LogP contribution in [0.25, 0.3) is 0 Å². The molecule has 1 aromatic heterocycles. The SMILES string of the molecule is CCN(C(=O)Cc1csc(NC(=O)c2ccc(OC)c(OC)c2)n1)c1ccccc1. The molecule has 2 amide bonds.